The molecule has 1 heterocycles. The lowest BCUT2D eigenvalue weighted by atomic mass is 10.0. The molecule has 2 heteroatoms. The molecule has 1 aliphatic carbocycles. The fraction of sp³-hybridized carbons (Fsp3) is 0.158. The third-order valence-electron chi connectivity index (χ3n) is 3.99. The Balaban J connectivity index is 1.90. The van der Waals surface area contributed by atoms with Crippen molar-refractivity contribution in [1.29, 1.82) is 0 Å². The molecule has 0 spiro atoms. The van der Waals surface area contributed by atoms with Gasteiger partial charge in [-0.15, -0.1) is 0 Å². The highest BCUT2D eigenvalue weighted by molar-refractivity contribution is 5.76. The molecule has 4 rings (SSSR count). The van der Waals surface area contributed by atoms with Crippen LogP contribution in [-0.2, 0) is 0 Å². The largest absolute Gasteiger partial charge is 0.453 e. The summed E-state index contributed by atoms with van der Waals surface area (Å²) in [6.07, 6.45) is 6.34. The summed E-state index contributed by atoms with van der Waals surface area (Å²) in [7, 11) is 0. The smallest absolute Gasteiger partial charge is 0.151 e. The second-order valence-electron chi connectivity index (χ2n) is 5.49. The molecule has 2 aromatic carbocycles. The Kier molecular flexibility index (Phi) is 2.81. The summed E-state index contributed by atoms with van der Waals surface area (Å²) in [5.41, 5.74) is 4.84. The van der Waals surface area contributed by atoms with Crippen LogP contribution in [0.4, 0.5) is 11.4 Å². The molecule has 0 unspecified atom stereocenters. The first kappa shape index (κ1) is 12.3. The highest BCUT2D eigenvalue weighted by atomic mass is 16.5. The van der Waals surface area contributed by atoms with Crippen LogP contribution < -0.4 is 9.64 Å². The molecule has 104 valence electrons. The van der Waals surface area contributed by atoms with Gasteiger partial charge < -0.3 is 9.64 Å². The third-order valence-corrected chi connectivity index (χ3v) is 3.99. The Morgan fingerprint density at radius 3 is 2.67 bits per heavy atom. The number of anilines is 2. The van der Waals surface area contributed by atoms with Crippen LogP contribution in [0.15, 0.2) is 72.1 Å². The van der Waals surface area contributed by atoms with Gasteiger partial charge in [0.05, 0.1) is 11.4 Å². The molecule has 0 bridgehead atoms. The number of benzene rings is 2. The molecule has 0 atom stereocenters. The quantitative estimate of drug-likeness (QED) is 0.719. The number of fused-ring (bicyclic) bond motifs is 1. The van der Waals surface area contributed by atoms with Gasteiger partial charge in [-0.1, -0.05) is 35.9 Å². The van der Waals surface area contributed by atoms with Crippen molar-refractivity contribution in [3.63, 3.8) is 0 Å². The summed E-state index contributed by atoms with van der Waals surface area (Å²) < 4.78 is 6.06. The average Bonchev–Trinajstić information content (AvgIpc) is 2.53. The van der Waals surface area contributed by atoms with Gasteiger partial charge in [-0.3, -0.25) is 0 Å². The van der Waals surface area contributed by atoms with Crippen molar-refractivity contribution in [2.45, 2.75) is 19.8 Å². The maximum Gasteiger partial charge on any atom is 0.151 e. The zero-order valence-electron chi connectivity index (χ0n) is 12.0. The Morgan fingerprint density at radius 2 is 1.81 bits per heavy atom. The molecule has 0 amide bonds. The van der Waals surface area contributed by atoms with Crippen molar-refractivity contribution in [1.82, 2.24) is 0 Å². The minimum Gasteiger partial charge on any atom is -0.453 e. The van der Waals surface area contributed by atoms with Crippen molar-refractivity contribution in [3.05, 3.63) is 77.7 Å². The summed E-state index contributed by atoms with van der Waals surface area (Å²) >= 11 is 0. The number of ether oxygens (including phenoxy) is 1. The molecule has 0 aromatic heterocycles. The molecule has 0 saturated carbocycles. The molecule has 1 aliphatic heterocycles. The summed E-state index contributed by atoms with van der Waals surface area (Å²) in [4.78, 5) is 2.33. The maximum atomic E-state index is 6.06. The number of hydrogen-bond acceptors (Lipinski definition) is 2. The summed E-state index contributed by atoms with van der Waals surface area (Å²) in [6.45, 7) is 2.12. The van der Waals surface area contributed by atoms with E-state index in [1.165, 1.54) is 16.9 Å². The highest BCUT2D eigenvalue weighted by Gasteiger charge is 2.27. The number of allylic oxidation sites excluding steroid dienone is 3. The molecule has 0 saturated heterocycles. The van der Waals surface area contributed by atoms with Crippen LogP contribution in [0, 0.1) is 6.92 Å². The fourth-order valence-electron chi connectivity index (χ4n) is 2.93. The van der Waals surface area contributed by atoms with Crippen LogP contribution >= 0.6 is 0 Å². The number of para-hydroxylation sites is 2. The van der Waals surface area contributed by atoms with Crippen LogP contribution in [0.5, 0.6) is 5.75 Å². The van der Waals surface area contributed by atoms with Gasteiger partial charge in [0.2, 0.25) is 0 Å². The lowest BCUT2D eigenvalue weighted by Crippen LogP contribution is -2.25. The number of nitrogens with zero attached hydrogens (tertiary/aromatic N) is 1. The first-order valence-electron chi connectivity index (χ1n) is 7.36. The molecule has 2 aliphatic rings. The molecular formula is C19H17NO. The predicted molar refractivity (Wildman–Crippen MR) is 85.8 cm³/mol. The van der Waals surface area contributed by atoms with Crippen molar-refractivity contribution in [3.8, 4) is 5.75 Å². The first-order valence-corrected chi connectivity index (χ1v) is 7.36. The number of hydrogen-bond donors (Lipinski definition) is 0. The third kappa shape index (κ3) is 2.04. The molecule has 0 fully saturated rings. The van der Waals surface area contributed by atoms with Crippen molar-refractivity contribution < 1.29 is 4.74 Å². The Bertz CT molecular complexity index is 740. The fourth-order valence-corrected chi connectivity index (χ4v) is 2.93. The maximum absolute atomic E-state index is 6.06. The molecular weight excluding hydrogens is 258 g/mol. The second-order valence-corrected chi connectivity index (χ2v) is 5.49. The highest BCUT2D eigenvalue weighted by Crippen LogP contribution is 2.44. The zero-order valence-corrected chi connectivity index (χ0v) is 12.0. The van der Waals surface area contributed by atoms with Gasteiger partial charge in [0.15, 0.2) is 5.75 Å². The van der Waals surface area contributed by atoms with E-state index in [9.17, 15) is 0 Å². The van der Waals surface area contributed by atoms with Crippen LogP contribution in [0.2, 0.25) is 0 Å². The minimum absolute atomic E-state index is 0.920. The van der Waals surface area contributed by atoms with Crippen LogP contribution in [-0.4, -0.2) is 0 Å². The monoisotopic (exact) mass is 275 g/mol. The molecule has 2 aromatic rings. The Morgan fingerprint density at radius 1 is 1.00 bits per heavy atom. The van der Waals surface area contributed by atoms with E-state index in [2.05, 4.69) is 60.4 Å². The van der Waals surface area contributed by atoms with Crippen molar-refractivity contribution in [2.24, 2.45) is 0 Å². The number of aryl methyl sites for hydroxylation is 1. The zero-order chi connectivity index (χ0) is 14.2. The lowest BCUT2D eigenvalue weighted by Gasteiger charge is -2.35. The van der Waals surface area contributed by atoms with E-state index in [0.29, 0.717) is 0 Å². The molecule has 0 N–H and O–H groups in total. The van der Waals surface area contributed by atoms with E-state index in [4.69, 9.17) is 4.74 Å². The molecule has 0 radical (unpaired) electrons. The Labute approximate surface area is 125 Å². The van der Waals surface area contributed by atoms with Gasteiger partial charge in [-0.05, 0) is 50.1 Å². The average molecular weight is 275 g/mol. The molecule has 2 nitrogen and oxygen atoms in total. The summed E-state index contributed by atoms with van der Waals surface area (Å²) in [5.74, 6) is 1.89. The second kappa shape index (κ2) is 4.81. The molecule has 21 heavy (non-hydrogen) atoms. The minimum atomic E-state index is 0.920. The topological polar surface area (TPSA) is 12.5 Å². The van der Waals surface area contributed by atoms with E-state index in [1.54, 1.807) is 0 Å². The van der Waals surface area contributed by atoms with E-state index >= 15 is 0 Å². The Hall–Kier alpha value is -2.48. The van der Waals surface area contributed by atoms with E-state index < -0.39 is 0 Å². The first-order chi connectivity index (χ1) is 10.3. The summed E-state index contributed by atoms with van der Waals surface area (Å²) in [6, 6.07) is 16.9. The van der Waals surface area contributed by atoms with E-state index in [0.717, 1.165) is 30.0 Å². The predicted octanol–water partition coefficient (Wildman–Crippen LogP) is 5.09. The van der Waals surface area contributed by atoms with Gasteiger partial charge in [0, 0.05) is 5.69 Å². The van der Waals surface area contributed by atoms with Crippen LogP contribution in [0.25, 0.3) is 0 Å². The van der Waals surface area contributed by atoms with Crippen LogP contribution in [0.1, 0.15) is 18.4 Å². The van der Waals surface area contributed by atoms with Crippen molar-refractivity contribution in [2.75, 3.05) is 4.90 Å². The number of rotatable bonds is 1. The SMILES string of the molecule is Cc1ccc(N2C3=C(C=CCC3)Oc3ccccc32)cc1. The van der Waals surface area contributed by atoms with Crippen molar-refractivity contribution >= 4 is 11.4 Å². The van der Waals surface area contributed by atoms with Gasteiger partial charge in [0.25, 0.3) is 0 Å². The van der Waals surface area contributed by atoms with E-state index in [1.807, 2.05) is 12.1 Å². The van der Waals surface area contributed by atoms with Gasteiger partial charge >= 0.3 is 0 Å². The standard InChI is InChI=1S/C19H17NO/c1-14-10-12-15(13-11-14)20-16-6-2-4-8-18(16)21-19-9-5-3-7-17(19)20/h2,4-6,8-13H,3,7H2,1H3. The van der Waals surface area contributed by atoms with Gasteiger partial charge in [-0.2, -0.15) is 0 Å². The normalized spacial score (nSPS) is 16.3. The van der Waals surface area contributed by atoms with E-state index in [-0.39, 0.29) is 0 Å². The lowest BCUT2D eigenvalue weighted by molar-refractivity contribution is 0.421. The van der Waals surface area contributed by atoms with Crippen LogP contribution in [0.3, 0.4) is 0 Å². The summed E-state index contributed by atoms with van der Waals surface area (Å²) in [5, 5.41) is 0. The van der Waals surface area contributed by atoms with Gasteiger partial charge in [0.1, 0.15) is 5.76 Å². The van der Waals surface area contributed by atoms with Gasteiger partial charge in [-0.25, -0.2) is 0 Å².